The summed E-state index contributed by atoms with van der Waals surface area (Å²) in [5.74, 6) is -1.57. The Bertz CT molecular complexity index is 1370. The van der Waals surface area contributed by atoms with Gasteiger partial charge in [0.25, 0.3) is 11.8 Å². The van der Waals surface area contributed by atoms with E-state index < -0.39 is 23.7 Å². The van der Waals surface area contributed by atoms with Crippen molar-refractivity contribution < 1.29 is 28.2 Å². The zero-order valence-electron chi connectivity index (χ0n) is 19.5. The first-order valence-electron chi connectivity index (χ1n) is 11.1. The van der Waals surface area contributed by atoms with Gasteiger partial charge in [0.05, 0.1) is 17.3 Å². The monoisotopic (exact) mass is 508 g/mol. The number of amides is 4. The van der Waals surface area contributed by atoms with E-state index >= 15 is 0 Å². The van der Waals surface area contributed by atoms with Crippen LogP contribution in [-0.4, -0.2) is 24.5 Å². The maximum atomic E-state index is 14.0. The van der Waals surface area contributed by atoms with Gasteiger partial charge in [0.2, 0.25) is 0 Å². The quantitative estimate of drug-likeness (QED) is 0.340. The van der Waals surface area contributed by atoms with Crippen molar-refractivity contribution in [3.63, 3.8) is 0 Å². The maximum absolute atomic E-state index is 14.0. The summed E-state index contributed by atoms with van der Waals surface area (Å²) < 4.78 is 25.4. The van der Waals surface area contributed by atoms with Gasteiger partial charge in [0, 0.05) is 5.56 Å². The normalized spacial score (nSPS) is 14.7. The molecule has 1 aliphatic rings. The second-order valence-electron chi connectivity index (χ2n) is 7.94. The summed E-state index contributed by atoms with van der Waals surface area (Å²) >= 11 is 6.45. The van der Waals surface area contributed by atoms with Gasteiger partial charge < -0.3 is 9.47 Å². The molecule has 0 saturated carbocycles. The number of nitrogens with zero attached hydrogens (tertiary/aromatic N) is 1. The Labute approximate surface area is 212 Å². The second-order valence-corrected chi connectivity index (χ2v) is 8.34. The Morgan fingerprint density at radius 1 is 1.03 bits per heavy atom. The number of halogens is 2. The number of anilines is 1. The molecule has 36 heavy (non-hydrogen) atoms. The van der Waals surface area contributed by atoms with Crippen molar-refractivity contribution >= 4 is 41.2 Å². The number of aryl methyl sites for hydroxylation is 1. The molecule has 4 rings (SSSR count). The molecule has 1 heterocycles. The van der Waals surface area contributed by atoms with Gasteiger partial charge in [-0.05, 0) is 55.8 Å². The maximum Gasteiger partial charge on any atom is 0.335 e. The minimum atomic E-state index is -0.837. The number of urea groups is 1. The van der Waals surface area contributed by atoms with Gasteiger partial charge >= 0.3 is 6.03 Å². The van der Waals surface area contributed by atoms with Gasteiger partial charge in [0.1, 0.15) is 18.0 Å². The highest BCUT2D eigenvalue weighted by molar-refractivity contribution is 6.39. The van der Waals surface area contributed by atoms with Crippen LogP contribution in [0, 0.1) is 12.7 Å². The molecule has 0 aromatic heterocycles. The van der Waals surface area contributed by atoms with Crippen LogP contribution in [0.1, 0.15) is 23.6 Å². The van der Waals surface area contributed by atoms with Crippen LogP contribution in [0.5, 0.6) is 11.5 Å². The van der Waals surface area contributed by atoms with Crippen molar-refractivity contribution in [1.82, 2.24) is 5.32 Å². The number of hydrogen-bond acceptors (Lipinski definition) is 5. The molecule has 1 aliphatic heterocycles. The molecule has 7 nitrogen and oxygen atoms in total. The highest BCUT2D eigenvalue weighted by atomic mass is 35.5. The van der Waals surface area contributed by atoms with Gasteiger partial charge in [-0.1, -0.05) is 47.5 Å². The van der Waals surface area contributed by atoms with Crippen molar-refractivity contribution in [3.8, 4) is 11.5 Å². The Hall–Kier alpha value is -4.17. The fraction of sp³-hybridized carbons (Fsp3) is 0.148. The van der Waals surface area contributed by atoms with Crippen molar-refractivity contribution in [1.29, 1.82) is 0 Å². The van der Waals surface area contributed by atoms with Crippen molar-refractivity contribution in [2.45, 2.75) is 20.5 Å². The predicted molar refractivity (Wildman–Crippen MR) is 134 cm³/mol. The van der Waals surface area contributed by atoms with Crippen LogP contribution in [0.4, 0.5) is 14.9 Å². The molecule has 184 valence electrons. The molecule has 3 aromatic rings. The number of ether oxygens (including phenoxy) is 2. The minimum Gasteiger partial charge on any atom is -0.490 e. The number of carbonyl (C=O) groups excluding carboxylic acids is 3. The first kappa shape index (κ1) is 24.9. The van der Waals surface area contributed by atoms with E-state index in [1.165, 1.54) is 18.2 Å². The van der Waals surface area contributed by atoms with Crippen LogP contribution in [0.3, 0.4) is 0 Å². The van der Waals surface area contributed by atoms with E-state index in [9.17, 15) is 18.8 Å². The SMILES string of the molecule is CCOc1cc(/C=C2\C(=O)NC(=O)N(c3ccc(C)cc3)C2=O)cc(Cl)c1OCc1ccccc1F. The molecule has 0 aliphatic carbocycles. The number of nitrogens with one attached hydrogen (secondary N) is 1. The lowest BCUT2D eigenvalue weighted by Gasteiger charge is -2.26. The molecule has 0 unspecified atom stereocenters. The van der Waals surface area contributed by atoms with Gasteiger partial charge in [-0.25, -0.2) is 14.1 Å². The van der Waals surface area contributed by atoms with Crippen LogP contribution in [0.2, 0.25) is 5.02 Å². The molecule has 1 N–H and O–H groups in total. The standard InChI is InChI=1S/C27H22ClFN2O5/c1-3-35-23-14-17(13-21(28)24(23)36-15-18-6-4-5-7-22(18)29)12-20-25(32)30-27(34)31(26(20)33)19-10-8-16(2)9-11-19/h4-14H,3,15H2,1-2H3,(H,30,32,34)/b20-12+. The number of imide groups is 2. The third-order valence-corrected chi connectivity index (χ3v) is 5.65. The van der Waals surface area contributed by atoms with Gasteiger partial charge in [0.15, 0.2) is 11.5 Å². The summed E-state index contributed by atoms with van der Waals surface area (Å²) in [5, 5.41) is 2.33. The smallest absolute Gasteiger partial charge is 0.335 e. The molecule has 3 aromatic carbocycles. The molecule has 0 radical (unpaired) electrons. The largest absolute Gasteiger partial charge is 0.490 e. The van der Waals surface area contributed by atoms with Crippen LogP contribution in [-0.2, 0) is 16.2 Å². The average Bonchev–Trinajstić information content (AvgIpc) is 2.83. The lowest BCUT2D eigenvalue weighted by atomic mass is 10.1. The van der Waals surface area contributed by atoms with E-state index in [4.69, 9.17) is 21.1 Å². The second kappa shape index (κ2) is 10.6. The first-order chi connectivity index (χ1) is 17.3. The molecular weight excluding hydrogens is 487 g/mol. The Morgan fingerprint density at radius 2 is 1.75 bits per heavy atom. The van der Waals surface area contributed by atoms with Crippen molar-refractivity contribution in [3.05, 3.63) is 93.8 Å². The van der Waals surface area contributed by atoms with Gasteiger partial charge in [-0.3, -0.25) is 14.9 Å². The summed E-state index contributed by atoms with van der Waals surface area (Å²) in [5.41, 5.74) is 1.73. The minimum absolute atomic E-state index is 0.0819. The number of rotatable bonds is 7. The number of carbonyl (C=O) groups is 3. The molecular formula is C27H22ClFN2O5. The van der Waals surface area contributed by atoms with E-state index in [0.29, 0.717) is 16.8 Å². The zero-order valence-corrected chi connectivity index (χ0v) is 20.3. The predicted octanol–water partition coefficient (Wildman–Crippen LogP) is 5.43. The van der Waals surface area contributed by atoms with Crippen LogP contribution in [0.25, 0.3) is 6.08 Å². The summed E-state index contributed by atoms with van der Waals surface area (Å²) in [6.07, 6.45) is 1.32. The van der Waals surface area contributed by atoms with Gasteiger partial charge in [-0.15, -0.1) is 0 Å². The lowest BCUT2D eigenvalue weighted by molar-refractivity contribution is -0.122. The number of hydrogen-bond donors (Lipinski definition) is 1. The molecule has 9 heteroatoms. The molecule has 0 atom stereocenters. The molecule has 1 fully saturated rings. The Kier molecular flexibility index (Phi) is 7.36. The third-order valence-electron chi connectivity index (χ3n) is 5.37. The summed E-state index contributed by atoms with van der Waals surface area (Å²) in [6, 6.07) is 15.1. The first-order valence-corrected chi connectivity index (χ1v) is 11.5. The van der Waals surface area contributed by atoms with Gasteiger partial charge in [-0.2, -0.15) is 0 Å². The van der Waals surface area contributed by atoms with E-state index in [1.807, 2.05) is 6.92 Å². The Balaban J connectivity index is 1.66. The molecule has 4 amide bonds. The fourth-order valence-electron chi connectivity index (χ4n) is 3.59. The highest BCUT2D eigenvalue weighted by Crippen LogP contribution is 2.38. The Morgan fingerprint density at radius 3 is 2.44 bits per heavy atom. The zero-order chi connectivity index (χ0) is 25.8. The summed E-state index contributed by atoms with van der Waals surface area (Å²) in [4.78, 5) is 39.0. The van der Waals surface area contributed by atoms with Crippen LogP contribution >= 0.6 is 11.6 Å². The topological polar surface area (TPSA) is 84.9 Å². The van der Waals surface area contributed by atoms with E-state index in [2.05, 4.69) is 5.32 Å². The highest BCUT2D eigenvalue weighted by Gasteiger charge is 2.36. The average molecular weight is 509 g/mol. The van der Waals surface area contributed by atoms with E-state index in [0.717, 1.165) is 10.5 Å². The van der Waals surface area contributed by atoms with E-state index in [1.54, 1.807) is 55.5 Å². The van der Waals surface area contributed by atoms with Crippen molar-refractivity contribution in [2.24, 2.45) is 0 Å². The van der Waals surface area contributed by atoms with Crippen LogP contribution < -0.4 is 19.7 Å². The molecule has 0 bridgehead atoms. The van der Waals surface area contributed by atoms with Crippen molar-refractivity contribution in [2.75, 3.05) is 11.5 Å². The summed E-state index contributed by atoms with van der Waals surface area (Å²) in [7, 11) is 0. The lowest BCUT2D eigenvalue weighted by Crippen LogP contribution is -2.54. The van der Waals surface area contributed by atoms with E-state index in [-0.39, 0.29) is 35.3 Å². The third kappa shape index (κ3) is 5.23. The summed E-state index contributed by atoms with van der Waals surface area (Å²) in [6.45, 7) is 3.84. The molecule has 0 spiro atoms. The number of barbiturate groups is 1. The van der Waals surface area contributed by atoms with Crippen LogP contribution in [0.15, 0.2) is 66.2 Å². The molecule has 1 saturated heterocycles. The number of benzene rings is 3. The fourth-order valence-corrected chi connectivity index (χ4v) is 3.87.